The summed E-state index contributed by atoms with van der Waals surface area (Å²) in [6.07, 6.45) is 1.79. The minimum absolute atomic E-state index is 0.0819. The van der Waals surface area contributed by atoms with Gasteiger partial charge in [0.05, 0.1) is 6.61 Å². The minimum Gasteiger partial charge on any atom is -0.466 e. The van der Waals surface area contributed by atoms with Crippen LogP contribution in [-0.2, 0) is 14.1 Å². The van der Waals surface area contributed by atoms with Gasteiger partial charge in [-0.2, -0.15) is 0 Å². The fourth-order valence-electron chi connectivity index (χ4n) is 0.742. The van der Waals surface area contributed by atoms with Gasteiger partial charge in [-0.1, -0.05) is 6.92 Å². The molecule has 0 heterocycles. The van der Waals surface area contributed by atoms with E-state index >= 15 is 0 Å². The normalized spacial score (nSPS) is 11.6. The van der Waals surface area contributed by atoms with Crippen LogP contribution in [-0.4, -0.2) is 17.7 Å². The highest BCUT2D eigenvalue weighted by Crippen LogP contribution is 2.26. The van der Waals surface area contributed by atoms with Crippen LogP contribution in [0.1, 0.15) is 40.0 Å². The first kappa shape index (κ1) is 12.6. The van der Waals surface area contributed by atoms with Crippen LogP contribution in [0.15, 0.2) is 0 Å². The van der Waals surface area contributed by atoms with Crippen molar-refractivity contribution in [2.75, 3.05) is 6.61 Å². The van der Waals surface area contributed by atoms with Gasteiger partial charge >= 0.3 is 5.97 Å². The molecule has 76 valence electrons. The van der Waals surface area contributed by atoms with E-state index in [1.165, 1.54) is 0 Å². The highest BCUT2D eigenvalue weighted by atomic mass is 31.1. The number of esters is 1. The van der Waals surface area contributed by atoms with Crippen molar-refractivity contribution in [3.05, 3.63) is 0 Å². The number of carbonyl (C=O) groups is 1. The summed E-state index contributed by atoms with van der Waals surface area (Å²) in [5.41, 5.74) is 0. The molecule has 0 aliphatic rings. The Balaban J connectivity index is 3.63. The van der Waals surface area contributed by atoms with Crippen LogP contribution in [0.5, 0.6) is 0 Å². The zero-order chi connectivity index (χ0) is 10.3. The Bertz CT molecular complexity index is 178. The Morgan fingerprint density at radius 1 is 1.46 bits per heavy atom. The Morgan fingerprint density at radius 2 is 2.08 bits per heavy atom. The van der Waals surface area contributed by atoms with Gasteiger partial charge in [0.25, 0.3) is 0 Å². The fraction of sp³-hybridized carbons (Fsp3) is 0.889. The Morgan fingerprint density at radius 3 is 2.54 bits per heavy atom. The number of hydrogen-bond donors (Lipinski definition) is 0. The Labute approximate surface area is 81.1 Å². The molecule has 0 rings (SSSR count). The van der Waals surface area contributed by atoms with Gasteiger partial charge in [0.15, 0.2) is 8.46 Å². The molecule has 0 unspecified atom stereocenters. The van der Waals surface area contributed by atoms with Gasteiger partial charge in [-0.25, -0.2) is 0 Å². The SMILES string of the molecule is CCCOC(=O)CCC(C)(C)P=O. The molecule has 0 aromatic heterocycles. The lowest BCUT2D eigenvalue weighted by Crippen LogP contribution is -2.14. The predicted molar refractivity (Wildman–Crippen MR) is 52.2 cm³/mol. The van der Waals surface area contributed by atoms with Crippen molar-refractivity contribution in [2.24, 2.45) is 0 Å². The highest BCUT2D eigenvalue weighted by molar-refractivity contribution is 7.25. The maximum Gasteiger partial charge on any atom is 0.305 e. The number of hydrogen-bond acceptors (Lipinski definition) is 3. The third-order valence-corrected chi connectivity index (χ3v) is 2.37. The molecule has 0 saturated carbocycles. The van der Waals surface area contributed by atoms with E-state index in [-0.39, 0.29) is 19.6 Å². The van der Waals surface area contributed by atoms with Crippen molar-refractivity contribution in [2.45, 2.75) is 45.2 Å². The van der Waals surface area contributed by atoms with Crippen molar-refractivity contribution in [3.8, 4) is 0 Å². The molecule has 0 aliphatic heterocycles. The molecule has 0 aliphatic carbocycles. The van der Waals surface area contributed by atoms with Gasteiger partial charge in [-0.15, -0.1) is 0 Å². The monoisotopic (exact) mass is 204 g/mol. The van der Waals surface area contributed by atoms with E-state index in [1.54, 1.807) is 0 Å². The van der Waals surface area contributed by atoms with Gasteiger partial charge in [0.1, 0.15) is 0 Å². The van der Waals surface area contributed by atoms with E-state index in [0.717, 1.165) is 6.42 Å². The Hall–Kier alpha value is -0.430. The van der Waals surface area contributed by atoms with E-state index in [4.69, 9.17) is 4.74 Å². The summed E-state index contributed by atoms with van der Waals surface area (Å²) >= 11 is 0. The van der Waals surface area contributed by atoms with Crippen LogP contribution >= 0.6 is 8.46 Å². The average molecular weight is 204 g/mol. The lowest BCUT2D eigenvalue weighted by molar-refractivity contribution is -0.143. The topological polar surface area (TPSA) is 43.4 Å². The number of rotatable bonds is 6. The molecule has 13 heavy (non-hydrogen) atoms. The lowest BCUT2D eigenvalue weighted by atomic mass is 10.1. The van der Waals surface area contributed by atoms with Crippen molar-refractivity contribution < 1.29 is 14.1 Å². The zero-order valence-electron chi connectivity index (χ0n) is 8.50. The predicted octanol–water partition coefficient (Wildman–Crippen LogP) is 2.79. The van der Waals surface area contributed by atoms with Crippen molar-refractivity contribution in [3.63, 3.8) is 0 Å². The van der Waals surface area contributed by atoms with Crippen LogP contribution in [0.2, 0.25) is 0 Å². The molecule has 0 aromatic carbocycles. The molecule has 0 aromatic rings. The fourth-order valence-corrected chi connectivity index (χ4v) is 0.945. The van der Waals surface area contributed by atoms with E-state index < -0.39 is 0 Å². The molecule has 0 saturated heterocycles. The molecule has 4 heteroatoms. The molecular weight excluding hydrogens is 187 g/mol. The highest BCUT2D eigenvalue weighted by Gasteiger charge is 2.19. The molecule has 3 nitrogen and oxygen atoms in total. The summed E-state index contributed by atoms with van der Waals surface area (Å²) in [6, 6.07) is 0. The smallest absolute Gasteiger partial charge is 0.305 e. The maximum atomic E-state index is 11.0. The second-order valence-corrected chi connectivity index (χ2v) is 5.02. The summed E-state index contributed by atoms with van der Waals surface area (Å²) in [5, 5.41) is -0.314. The van der Waals surface area contributed by atoms with E-state index in [0.29, 0.717) is 19.4 Å². The summed E-state index contributed by atoms with van der Waals surface area (Å²) in [4.78, 5) is 11.0. The van der Waals surface area contributed by atoms with Crippen LogP contribution in [0.25, 0.3) is 0 Å². The number of ether oxygens (including phenoxy) is 1. The second-order valence-electron chi connectivity index (χ2n) is 3.62. The molecule has 0 radical (unpaired) electrons. The second kappa shape index (κ2) is 6.09. The lowest BCUT2D eigenvalue weighted by Gasteiger charge is -2.13. The zero-order valence-corrected chi connectivity index (χ0v) is 9.39. The molecule has 0 atom stereocenters. The molecule has 0 fully saturated rings. The van der Waals surface area contributed by atoms with Gasteiger partial charge in [-0.05, 0) is 26.7 Å². The van der Waals surface area contributed by atoms with E-state index in [2.05, 4.69) is 0 Å². The Kier molecular flexibility index (Phi) is 5.89. The van der Waals surface area contributed by atoms with Crippen molar-refractivity contribution >= 4 is 14.4 Å². The molecule has 0 spiro atoms. The third-order valence-electron chi connectivity index (χ3n) is 1.66. The number of carbonyl (C=O) groups excluding carboxylic acids is 1. The van der Waals surface area contributed by atoms with Crippen LogP contribution in [0, 0.1) is 0 Å². The summed E-state index contributed by atoms with van der Waals surface area (Å²) in [7, 11) is 0.0819. The molecule has 0 bridgehead atoms. The van der Waals surface area contributed by atoms with Gasteiger partial charge in [-0.3, -0.25) is 9.36 Å². The van der Waals surface area contributed by atoms with Gasteiger partial charge < -0.3 is 4.74 Å². The largest absolute Gasteiger partial charge is 0.466 e. The average Bonchev–Trinajstić information content (AvgIpc) is 2.11. The standard InChI is InChI=1S/C9H17O3P/c1-4-7-12-8(10)5-6-9(2,3)13-11/h4-7H2,1-3H3. The van der Waals surface area contributed by atoms with E-state index in [9.17, 15) is 9.36 Å². The summed E-state index contributed by atoms with van der Waals surface area (Å²) < 4.78 is 15.5. The quantitative estimate of drug-likeness (QED) is 0.493. The maximum absolute atomic E-state index is 11.0. The molecule has 0 amide bonds. The van der Waals surface area contributed by atoms with E-state index in [1.807, 2.05) is 20.8 Å². The van der Waals surface area contributed by atoms with Crippen LogP contribution < -0.4 is 0 Å². The van der Waals surface area contributed by atoms with Crippen molar-refractivity contribution in [1.29, 1.82) is 0 Å². The molecular formula is C9H17O3P. The minimum atomic E-state index is -0.314. The first-order chi connectivity index (χ1) is 6.02. The van der Waals surface area contributed by atoms with Crippen LogP contribution in [0.4, 0.5) is 0 Å². The first-order valence-electron chi connectivity index (χ1n) is 4.52. The first-order valence-corrected chi connectivity index (χ1v) is 5.33. The summed E-state index contributed by atoms with van der Waals surface area (Å²) in [5.74, 6) is -0.196. The summed E-state index contributed by atoms with van der Waals surface area (Å²) in [6.45, 7) is 6.14. The molecule has 0 N–H and O–H groups in total. The third kappa shape index (κ3) is 6.71. The van der Waals surface area contributed by atoms with Gasteiger partial charge in [0, 0.05) is 11.6 Å². The van der Waals surface area contributed by atoms with Gasteiger partial charge in [0.2, 0.25) is 0 Å². The van der Waals surface area contributed by atoms with Crippen LogP contribution in [0.3, 0.4) is 0 Å². The van der Waals surface area contributed by atoms with Crippen molar-refractivity contribution in [1.82, 2.24) is 0 Å².